The van der Waals surface area contributed by atoms with E-state index in [1.807, 2.05) is 0 Å². The first kappa shape index (κ1) is 25.9. The summed E-state index contributed by atoms with van der Waals surface area (Å²) in [5, 5.41) is 2.95. The van der Waals surface area contributed by atoms with Gasteiger partial charge < -0.3 is 0 Å². The molecule has 0 bridgehead atoms. The van der Waals surface area contributed by atoms with E-state index in [0.29, 0.717) is 0 Å². The highest BCUT2D eigenvalue weighted by molar-refractivity contribution is 6.94. The van der Waals surface area contributed by atoms with Crippen LogP contribution in [0.25, 0.3) is 18.2 Å². The highest BCUT2D eigenvalue weighted by atomic mass is 28.3. The van der Waals surface area contributed by atoms with Gasteiger partial charge in [-0.15, -0.1) is 0 Å². The predicted octanol–water partition coefficient (Wildman–Crippen LogP) is 7.98. The molecule has 0 atom stereocenters. The van der Waals surface area contributed by atoms with Crippen molar-refractivity contribution in [2.75, 3.05) is 0 Å². The van der Waals surface area contributed by atoms with E-state index in [2.05, 4.69) is 150 Å². The van der Waals surface area contributed by atoms with Crippen molar-refractivity contribution in [1.82, 2.24) is 0 Å². The van der Waals surface area contributed by atoms with Crippen molar-refractivity contribution in [3.63, 3.8) is 0 Å². The molecule has 0 saturated heterocycles. The summed E-state index contributed by atoms with van der Waals surface area (Å²) in [5.74, 6) is 0. The first-order chi connectivity index (χ1) is 16.0. The molecule has 0 N–H and O–H groups in total. The molecule has 0 saturated carbocycles. The Labute approximate surface area is 209 Å². The van der Waals surface area contributed by atoms with Crippen LogP contribution in [0.5, 0.6) is 0 Å². The second kappa shape index (κ2) is 10.7. The van der Waals surface area contributed by atoms with E-state index in [1.54, 1.807) is 0 Å². The fourth-order valence-corrected chi connectivity index (χ4v) is 7.84. The van der Waals surface area contributed by atoms with Gasteiger partial charge in [-0.1, -0.05) is 138 Å². The van der Waals surface area contributed by atoms with Crippen LogP contribution in [-0.2, 0) is 0 Å². The normalized spacial score (nSPS) is 12.9. The SMILES string of the molecule is CC=Cc1ccc([Si](C)(C)C=Cc2cc(C)c(C=C[Si](C)(C)c3ccc(C)cc3)cc2C)cc1. The predicted molar refractivity (Wildman–Crippen MR) is 161 cm³/mol. The maximum absolute atomic E-state index is 2.47. The lowest BCUT2D eigenvalue weighted by Gasteiger charge is -2.20. The molecule has 0 unspecified atom stereocenters. The highest BCUT2D eigenvalue weighted by Crippen LogP contribution is 2.21. The van der Waals surface area contributed by atoms with E-state index in [0.717, 1.165) is 0 Å². The average molecular weight is 481 g/mol. The molecule has 0 aromatic heterocycles. The number of allylic oxidation sites excluding steroid dienone is 1. The van der Waals surface area contributed by atoms with Gasteiger partial charge in [0, 0.05) is 0 Å². The fourth-order valence-electron chi connectivity index (χ4n) is 4.21. The summed E-state index contributed by atoms with van der Waals surface area (Å²) in [5.41, 5.74) is 12.9. The fraction of sp³-hybridized carbons (Fsp3) is 0.250. The van der Waals surface area contributed by atoms with E-state index in [-0.39, 0.29) is 0 Å². The number of hydrogen-bond acceptors (Lipinski definition) is 0. The number of hydrogen-bond donors (Lipinski definition) is 0. The molecule has 34 heavy (non-hydrogen) atoms. The quantitative estimate of drug-likeness (QED) is 0.301. The Morgan fingerprint density at radius 2 is 0.971 bits per heavy atom. The molecule has 2 heteroatoms. The minimum absolute atomic E-state index is 1.27. The molecule has 0 aliphatic rings. The van der Waals surface area contributed by atoms with Crippen LogP contribution in [0.15, 0.2) is 78.1 Å². The Morgan fingerprint density at radius 1 is 0.559 bits per heavy atom. The van der Waals surface area contributed by atoms with E-state index >= 15 is 0 Å². The lowest BCUT2D eigenvalue weighted by molar-refractivity contribution is 1.36. The smallest absolute Gasteiger partial charge is 0.0897 e. The molecule has 0 nitrogen and oxygen atoms in total. The Bertz CT molecular complexity index is 1210. The Hall–Kier alpha value is -2.69. The maximum Gasteiger partial charge on any atom is 0.104 e. The first-order valence-corrected chi connectivity index (χ1v) is 18.5. The van der Waals surface area contributed by atoms with Gasteiger partial charge in [-0.05, 0) is 55.5 Å². The van der Waals surface area contributed by atoms with Crippen LogP contribution < -0.4 is 10.4 Å². The Balaban J connectivity index is 1.81. The lowest BCUT2D eigenvalue weighted by atomic mass is 10.00. The van der Waals surface area contributed by atoms with Crippen LogP contribution in [0.2, 0.25) is 26.2 Å². The lowest BCUT2D eigenvalue weighted by Crippen LogP contribution is -2.39. The minimum atomic E-state index is -1.66. The van der Waals surface area contributed by atoms with Crippen molar-refractivity contribution in [3.05, 3.63) is 112 Å². The summed E-state index contributed by atoms with van der Waals surface area (Å²) in [6, 6.07) is 22.8. The Kier molecular flexibility index (Phi) is 8.17. The molecule has 176 valence electrons. The average Bonchev–Trinajstić information content (AvgIpc) is 2.79. The zero-order valence-electron chi connectivity index (χ0n) is 22.2. The van der Waals surface area contributed by atoms with Gasteiger partial charge in [0.1, 0.15) is 16.1 Å². The minimum Gasteiger partial charge on any atom is -0.0897 e. The molecule has 0 amide bonds. The summed E-state index contributed by atoms with van der Waals surface area (Å²) in [4.78, 5) is 0. The standard InChI is InChI=1S/C32H40Si2/c1-9-10-28-13-17-32(18-14-28)34(7,8)22-20-30-24-26(3)29(23-27(30)4)19-21-33(5,6)31-15-11-25(2)12-16-31/h9-24H,1-8H3. The van der Waals surface area contributed by atoms with Gasteiger partial charge >= 0.3 is 0 Å². The van der Waals surface area contributed by atoms with Gasteiger partial charge in [-0.25, -0.2) is 0 Å². The summed E-state index contributed by atoms with van der Waals surface area (Å²) >= 11 is 0. The number of aryl methyl sites for hydroxylation is 3. The molecule has 0 aliphatic heterocycles. The largest absolute Gasteiger partial charge is 0.104 e. The molecule has 3 aromatic rings. The molecule has 3 rings (SSSR count). The summed E-state index contributed by atoms with van der Waals surface area (Å²) in [6.45, 7) is 18.4. The van der Waals surface area contributed by atoms with Gasteiger partial charge in [0.2, 0.25) is 0 Å². The zero-order chi connectivity index (χ0) is 24.9. The summed E-state index contributed by atoms with van der Waals surface area (Å²) < 4.78 is 0. The van der Waals surface area contributed by atoms with Crippen LogP contribution in [-0.4, -0.2) is 16.1 Å². The highest BCUT2D eigenvalue weighted by Gasteiger charge is 2.21. The van der Waals surface area contributed by atoms with Crippen molar-refractivity contribution in [3.8, 4) is 0 Å². The Morgan fingerprint density at radius 3 is 1.38 bits per heavy atom. The molecule has 0 radical (unpaired) electrons. The van der Waals surface area contributed by atoms with Crippen molar-refractivity contribution in [1.29, 1.82) is 0 Å². The third kappa shape index (κ3) is 6.46. The monoisotopic (exact) mass is 480 g/mol. The molecular weight excluding hydrogens is 441 g/mol. The summed E-state index contributed by atoms with van der Waals surface area (Å²) in [7, 11) is -3.28. The van der Waals surface area contributed by atoms with Gasteiger partial charge in [-0.3, -0.25) is 0 Å². The van der Waals surface area contributed by atoms with Crippen molar-refractivity contribution < 1.29 is 0 Å². The molecule has 0 aliphatic carbocycles. The van der Waals surface area contributed by atoms with Crippen LogP contribution in [0.1, 0.15) is 40.3 Å². The maximum atomic E-state index is 2.47. The molecular formula is C32H40Si2. The molecule has 0 heterocycles. The van der Waals surface area contributed by atoms with E-state index in [9.17, 15) is 0 Å². The van der Waals surface area contributed by atoms with Crippen LogP contribution >= 0.6 is 0 Å². The van der Waals surface area contributed by atoms with Gasteiger partial charge in [-0.2, -0.15) is 0 Å². The van der Waals surface area contributed by atoms with E-state index < -0.39 is 16.1 Å². The molecule has 3 aromatic carbocycles. The van der Waals surface area contributed by atoms with E-state index in [4.69, 9.17) is 0 Å². The van der Waals surface area contributed by atoms with Crippen molar-refractivity contribution in [2.24, 2.45) is 0 Å². The molecule has 0 fully saturated rings. The van der Waals surface area contributed by atoms with Crippen molar-refractivity contribution >= 4 is 44.7 Å². The summed E-state index contributed by atoms with van der Waals surface area (Å²) in [6.07, 6.45) is 8.95. The van der Waals surface area contributed by atoms with Crippen molar-refractivity contribution in [2.45, 2.75) is 53.9 Å². The number of rotatable bonds is 7. The third-order valence-corrected chi connectivity index (χ3v) is 12.5. The first-order valence-electron chi connectivity index (χ1n) is 12.3. The van der Waals surface area contributed by atoms with Crippen LogP contribution in [0.3, 0.4) is 0 Å². The van der Waals surface area contributed by atoms with Gasteiger partial charge in [0.05, 0.1) is 0 Å². The topological polar surface area (TPSA) is 0 Å². The van der Waals surface area contributed by atoms with E-state index in [1.165, 1.54) is 43.8 Å². The van der Waals surface area contributed by atoms with Crippen LogP contribution in [0.4, 0.5) is 0 Å². The second-order valence-electron chi connectivity index (χ2n) is 10.7. The number of benzene rings is 3. The van der Waals surface area contributed by atoms with Gasteiger partial charge in [0.25, 0.3) is 0 Å². The third-order valence-electron chi connectivity index (χ3n) is 6.82. The molecule has 0 spiro atoms. The van der Waals surface area contributed by atoms with Crippen LogP contribution in [0, 0.1) is 20.8 Å². The van der Waals surface area contributed by atoms with Gasteiger partial charge in [0.15, 0.2) is 0 Å². The zero-order valence-corrected chi connectivity index (χ0v) is 24.2. The second-order valence-corrected chi connectivity index (χ2v) is 19.4.